The van der Waals surface area contributed by atoms with Crippen LogP contribution in [-0.2, 0) is 25.5 Å². The molecule has 1 heterocycles. The van der Waals surface area contributed by atoms with Gasteiger partial charge in [0.25, 0.3) is 0 Å². The van der Waals surface area contributed by atoms with E-state index in [2.05, 4.69) is 5.32 Å². The summed E-state index contributed by atoms with van der Waals surface area (Å²) in [5, 5.41) is 42.0. The number of nitrogens with one attached hydrogen (secondary N) is 1. The SMILES string of the molecule is COc1cc2c(c(OC)c1OC)-c1ccc(OC)c(=O)cc1[C@@H](NC(=O)CCCC(=O)OC[C@H]1OC(O)[C@H](O)[C@@H](O)[C@@H]1O)CC2. The van der Waals surface area contributed by atoms with E-state index >= 15 is 0 Å². The van der Waals surface area contributed by atoms with Crippen molar-refractivity contribution < 1.29 is 58.4 Å². The molecule has 2 aromatic carbocycles. The Kier molecular flexibility index (Phi) is 11.2. The van der Waals surface area contributed by atoms with Crippen LogP contribution in [0.2, 0.25) is 0 Å². The number of carbonyl (C=O) groups is 2. The Bertz CT molecular complexity index is 1450. The molecule has 2 aromatic rings. The van der Waals surface area contributed by atoms with Gasteiger partial charge in [0.1, 0.15) is 31.0 Å². The molecule has 14 nitrogen and oxygen atoms in total. The standard InChI is InChI=1S/C31H39NO13/c1-40-20-11-9-16-17(13-19(20)33)18(10-8-15-12-21(41-2)29(42-3)30(43-4)25(15)16)32-23(34)6-5-7-24(35)44-14-22-26(36)27(37)28(38)31(39)45-22/h9,11-13,18,22,26-28,31,36-39H,5-8,10,14H2,1-4H3,(H,32,34)/t18-,22+,26+,27-,28+,31?/m0/s1. The Balaban J connectivity index is 1.48. The van der Waals surface area contributed by atoms with Gasteiger partial charge in [0.2, 0.25) is 17.1 Å². The summed E-state index contributed by atoms with van der Waals surface area (Å²) in [5.74, 6) is 0.356. The van der Waals surface area contributed by atoms with Crippen LogP contribution in [0.3, 0.4) is 0 Å². The van der Waals surface area contributed by atoms with Crippen LogP contribution in [0.25, 0.3) is 11.1 Å². The number of aliphatic hydroxyl groups is 4. The second-order valence-corrected chi connectivity index (χ2v) is 10.7. The Morgan fingerprint density at radius 3 is 2.27 bits per heavy atom. The second kappa shape index (κ2) is 14.9. The third-order valence-corrected chi connectivity index (χ3v) is 7.94. The molecule has 1 saturated heterocycles. The number of hydrogen-bond acceptors (Lipinski definition) is 13. The average Bonchev–Trinajstić information content (AvgIpc) is 3.28. The number of ether oxygens (including phenoxy) is 6. The number of rotatable bonds is 11. The number of carbonyl (C=O) groups excluding carboxylic acids is 2. The van der Waals surface area contributed by atoms with Gasteiger partial charge < -0.3 is 54.2 Å². The zero-order chi connectivity index (χ0) is 32.8. The molecule has 0 radical (unpaired) electrons. The van der Waals surface area contributed by atoms with Crippen molar-refractivity contribution in [3.8, 4) is 34.1 Å². The van der Waals surface area contributed by atoms with E-state index in [4.69, 9.17) is 28.4 Å². The van der Waals surface area contributed by atoms with E-state index in [0.29, 0.717) is 46.8 Å². The molecule has 1 fully saturated rings. The fourth-order valence-corrected chi connectivity index (χ4v) is 5.59. The van der Waals surface area contributed by atoms with E-state index in [9.17, 15) is 34.8 Å². The minimum Gasteiger partial charge on any atom is -0.493 e. The first-order valence-corrected chi connectivity index (χ1v) is 14.4. The zero-order valence-corrected chi connectivity index (χ0v) is 25.5. The van der Waals surface area contributed by atoms with Crippen LogP contribution in [0.15, 0.2) is 29.1 Å². The van der Waals surface area contributed by atoms with Gasteiger partial charge in [0.05, 0.1) is 34.5 Å². The fourth-order valence-electron chi connectivity index (χ4n) is 5.59. The molecule has 6 atom stereocenters. The van der Waals surface area contributed by atoms with Gasteiger partial charge >= 0.3 is 5.97 Å². The van der Waals surface area contributed by atoms with Gasteiger partial charge in [-0.1, -0.05) is 6.07 Å². The van der Waals surface area contributed by atoms with Crippen molar-refractivity contribution in [2.45, 2.75) is 68.9 Å². The lowest BCUT2D eigenvalue weighted by atomic mass is 9.95. The van der Waals surface area contributed by atoms with Gasteiger partial charge in [-0.2, -0.15) is 0 Å². The number of hydrogen-bond donors (Lipinski definition) is 5. The minimum atomic E-state index is -1.75. The summed E-state index contributed by atoms with van der Waals surface area (Å²) in [6.45, 7) is -0.469. The van der Waals surface area contributed by atoms with Crippen LogP contribution < -0.4 is 29.7 Å². The highest BCUT2D eigenvalue weighted by Crippen LogP contribution is 2.50. The van der Waals surface area contributed by atoms with E-state index in [1.54, 1.807) is 12.1 Å². The third kappa shape index (κ3) is 7.31. The van der Waals surface area contributed by atoms with Gasteiger partial charge in [-0.25, -0.2) is 0 Å². The van der Waals surface area contributed by atoms with Gasteiger partial charge in [-0.3, -0.25) is 14.4 Å². The molecular formula is C31H39NO13. The van der Waals surface area contributed by atoms with Crippen LogP contribution in [0, 0.1) is 0 Å². The molecule has 0 bridgehead atoms. The lowest BCUT2D eigenvalue weighted by Crippen LogP contribution is -2.58. The molecule has 14 heteroatoms. The monoisotopic (exact) mass is 633 g/mol. The molecule has 0 saturated carbocycles. The Morgan fingerprint density at radius 1 is 0.889 bits per heavy atom. The summed E-state index contributed by atoms with van der Waals surface area (Å²) in [7, 11) is 5.93. The van der Waals surface area contributed by atoms with Crippen LogP contribution in [-0.4, -0.2) is 98.1 Å². The maximum atomic E-state index is 13.1. The number of esters is 1. The predicted molar refractivity (Wildman–Crippen MR) is 157 cm³/mol. The lowest BCUT2D eigenvalue weighted by Gasteiger charge is -2.37. The Hall–Kier alpha value is -3.95. The van der Waals surface area contributed by atoms with Crippen molar-refractivity contribution in [2.75, 3.05) is 35.0 Å². The molecule has 246 valence electrons. The molecule has 1 aliphatic heterocycles. The fraction of sp³-hybridized carbons (Fsp3) is 0.516. The topological polar surface area (TPSA) is 200 Å². The van der Waals surface area contributed by atoms with E-state index in [0.717, 1.165) is 5.56 Å². The van der Waals surface area contributed by atoms with Gasteiger partial charge in [-0.05, 0) is 54.2 Å². The number of aryl methyl sites for hydroxylation is 1. The lowest BCUT2D eigenvalue weighted by molar-refractivity contribution is -0.287. The van der Waals surface area contributed by atoms with Crippen molar-refractivity contribution in [1.82, 2.24) is 5.32 Å². The van der Waals surface area contributed by atoms with Crippen molar-refractivity contribution in [3.05, 3.63) is 45.6 Å². The molecule has 5 N–H and O–H groups in total. The molecule has 1 amide bonds. The maximum absolute atomic E-state index is 13.1. The van der Waals surface area contributed by atoms with Crippen molar-refractivity contribution in [3.63, 3.8) is 0 Å². The number of aliphatic hydroxyl groups excluding tert-OH is 4. The predicted octanol–water partition coefficient (Wildman–Crippen LogP) is 0.365. The van der Waals surface area contributed by atoms with E-state index in [-0.39, 0.29) is 36.3 Å². The number of methoxy groups -OCH3 is 4. The smallest absolute Gasteiger partial charge is 0.305 e. The molecular weight excluding hydrogens is 594 g/mol. The van der Waals surface area contributed by atoms with Crippen LogP contribution in [0.4, 0.5) is 0 Å². The Morgan fingerprint density at radius 2 is 1.60 bits per heavy atom. The summed E-state index contributed by atoms with van der Waals surface area (Å²) in [6.07, 6.45) is -7.02. The van der Waals surface area contributed by atoms with E-state index in [1.807, 2.05) is 6.07 Å². The Labute approximate surface area is 259 Å². The summed E-state index contributed by atoms with van der Waals surface area (Å²) in [5.41, 5.74) is 2.39. The molecule has 0 spiro atoms. The molecule has 0 aromatic heterocycles. The van der Waals surface area contributed by atoms with Crippen LogP contribution in [0.5, 0.6) is 23.0 Å². The quantitative estimate of drug-likeness (QED) is 0.213. The molecule has 45 heavy (non-hydrogen) atoms. The largest absolute Gasteiger partial charge is 0.493 e. The summed E-state index contributed by atoms with van der Waals surface area (Å²) in [4.78, 5) is 38.4. The highest BCUT2D eigenvalue weighted by molar-refractivity contribution is 5.84. The maximum Gasteiger partial charge on any atom is 0.305 e. The summed E-state index contributed by atoms with van der Waals surface area (Å²) < 4.78 is 32.3. The first-order chi connectivity index (χ1) is 21.5. The number of fused-ring (bicyclic) bond motifs is 3. The van der Waals surface area contributed by atoms with E-state index < -0.39 is 49.3 Å². The highest BCUT2D eigenvalue weighted by atomic mass is 16.7. The second-order valence-electron chi connectivity index (χ2n) is 10.7. The van der Waals surface area contributed by atoms with Crippen molar-refractivity contribution in [2.24, 2.45) is 0 Å². The first-order valence-electron chi connectivity index (χ1n) is 14.4. The van der Waals surface area contributed by atoms with Crippen molar-refractivity contribution >= 4 is 11.9 Å². The van der Waals surface area contributed by atoms with Gasteiger partial charge in [0, 0.05) is 18.4 Å². The van der Waals surface area contributed by atoms with Crippen molar-refractivity contribution in [1.29, 1.82) is 0 Å². The third-order valence-electron chi connectivity index (χ3n) is 7.94. The first kappa shape index (κ1) is 33.9. The van der Waals surface area contributed by atoms with Crippen LogP contribution >= 0.6 is 0 Å². The average molecular weight is 634 g/mol. The van der Waals surface area contributed by atoms with Crippen LogP contribution in [0.1, 0.15) is 42.9 Å². The number of amides is 1. The minimum absolute atomic E-state index is 0.0302. The molecule has 1 aliphatic carbocycles. The molecule has 1 unspecified atom stereocenters. The van der Waals surface area contributed by atoms with Gasteiger partial charge in [0.15, 0.2) is 23.5 Å². The normalized spacial score (nSPS) is 23.9. The molecule has 2 aliphatic rings. The number of benzene rings is 1. The highest BCUT2D eigenvalue weighted by Gasteiger charge is 2.43. The molecule has 4 rings (SSSR count). The van der Waals surface area contributed by atoms with Gasteiger partial charge in [-0.15, -0.1) is 0 Å². The zero-order valence-electron chi connectivity index (χ0n) is 25.5. The van der Waals surface area contributed by atoms with E-state index in [1.165, 1.54) is 34.5 Å². The summed E-state index contributed by atoms with van der Waals surface area (Å²) >= 11 is 0. The summed E-state index contributed by atoms with van der Waals surface area (Å²) in [6, 6.07) is 6.03.